The van der Waals surface area contributed by atoms with Crippen molar-refractivity contribution in [2.45, 2.75) is 101 Å². The molecule has 1 aliphatic rings. The summed E-state index contributed by atoms with van der Waals surface area (Å²) in [6.07, 6.45) is 5.63. The minimum Gasteiger partial charge on any atom is -0.396 e. The van der Waals surface area contributed by atoms with Crippen LogP contribution in [0.5, 0.6) is 0 Å². The van der Waals surface area contributed by atoms with Crippen LogP contribution in [0.2, 0.25) is 0 Å². The summed E-state index contributed by atoms with van der Waals surface area (Å²) in [5.41, 5.74) is 0. The number of hydrogen-bond acceptors (Lipinski definition) is 7. The normalized spacial score (nSPS) is 29.0. The van der Waals surface area contributed by atoms with E-state index in [1.165, 1.54) is 0 Å². The van der Waals surface area contributed by atoms with Gasteiger partial charge in [-0.15, -0.1) is 0 Å². The van der Waals surface area contributed by atoms with Crippen molar-refractivity contribution < 1.29 is 30.6 Å². The molecule has 0 aromatic rings. The monoisotopic (exact) mass is 363 g/mol. The predicted molar refractivity (Wildman–Crippen MR) is 95.1 cm³/mol. The van der Waals surface area contributed by atoms with E-state index in [4.69, 9.17) is 10.2 Å². The molecule has 150 valence electrons. The van der Waals surface area contributed by atoms with Crippen LogP contribution in [0.1, 0.15) is 64.2 Å². The number of aliphatic hydroxyl groups is 6. The summed E-state index contributed by atoms with van der Waals surface area (Å²) in [4.78, 5) is 0. The Morgan fingerprint density at radius 2 is 1.28 bits per heavy atom. The van der Waals surface area contributed by atoms with Crippen molar-refractivity contribution in [1.29, 1.82) is 0 Å². The molecule has 1 heterocycles. The SMILES string of the molecule is OCCC[C@H](O)CCCCCCCC[C@H](O)[C@H]1N[C@H](CO)[C@@H](O)[C@@H]1O. The maximum absolute atomic E-state index is 10.2. The van der Waals surface area contributed by atoms with Gasteiger partial charge in [0, 0.05) is 6.61 Å². The standard InChI is InChI=1S/C18H37NO6/c20-11-7-9-13(22)8-5-3-1-2-4-6-10-15(23)16-18(25)17(24)14(12-21)19-16/h13-25H,1-12H2/t13-,14-,15+,16-,17-,18-/m1/s1. The number of hydrogen-bond donors (Lipinski definition) is 7. The fourth-order valence-electron chi connectivity index (χ4n) is 3.49. The van der Waals surface area contributed by atoms with E-state index >= 15 is 0 Å². The third-order valence-electron chi connectivity index (χ3n) is 5.13. The molecule has 0 bridgehead atoms. The first kappa shape index (κ1) is 22.8. The Morgan fingerprint density at radius 3 is 1.84 bits per heavy atom. The second kappa shape index (κ2) is 13.0. The molecule has 7 N–H and O–H groups in total. The van der Waals surface area contributed by atoms with Gasteiger partial charge in [0.2, 0.25) is 0 Å². The molecule has 7 nitrogen and oxygen atoms in total. The molecule has 0 unspecified atom stereocenters. The lowest BCUT2D eigenvalue weighted by molar-refractivity contribution is -0.00443. The summed E-state index contributed by atoms with van der Waals surface area (Å²) in [7, 11) is 0. The molecule has 0 aromatic carbocycles. The average Bonchev–Trinajstić information content (AvgIpc) is 2.90. The van der Waals surface area contributed by atoms with Gasteiger partial charge in [0.25, 0.3) is 0 Å². The van der Waals surface area contributed by atoms with Crippen molar-refractivity contribution in [2.24, 2.45) is 0 Å². The van der Waals surface area contributed by atoms with Gasteiger partial charge in [-0.25, -0.2) is 0 Å². The zero-order valence-corrected chi connectivity index (χ0v) is 15.1. The van der Waals surface area contributed by atoms with Crippen LogP contribution >= 0.6 is 0 Å². The number of unbranched alkanes of at least 4 members (excludes halogenated alkanes) is 5. The summed E-state index contributed by atoms with van der Waals surface area (Å²) in [6.45, 7) is -0.133. The van der Waals surface area contributed by atoms with Crippen LogP contribution in [0.15, 0.2) is 0 Å². The number of nitrogens with one attached hydrogen (secondary N) is 1. The zero-order chi connectivity index (χ0) is 18.7. The molecule has 1 saturated heterocycles. The Morgan fingerprint density at radius 1 is 0.720 bits per heavy atom. The largest absolute Gasteiger partial charge is 0.396 e. The van der Waals surface area contributed by atoms with Gasteiger partial charge in [-0.2, -0.15) is 0 Å². The maximum atomic E-state index is 10.2. The van der Waals surface area contributed by atoms with E-state index in [2.05, 4.69) is 5.32 Å². The molecule has 0 saturated carbocycles. The van der Waals surface area contributed by atoms with Gasteiger partial charge in [0.1, 0.15) is 0 Å². The van der Waals surface area contributed by atoms with Gasteiger partial charge in [-0.3, -0.25) is 0 Å². The van der Waals surface area contributed by atoms with Crippen molar-refractivity contribution in [3.63, 3.8) is 0 Å². The molecule has 0 aliphatic carbocycles. The minimum absolute atomic E-state index is 0.135. The van der Waals surface area contributed by atoms with Crippen LogP contribution in [-0.2, 0) is 0 Å². The van der Waals surface area contributed by atoms with E-state index in [0.717, 1.165) is 44.9 Å². The van der Waals surface area contributed by atoms with Gasteiger partial charge in [0.05, 0.1) is 43.1 Å². The van der Waals surface area contributed by atoms with Gasteiger partial charge < -0.3 is 36.0 Å². The molecule has 0 amide bonds. The van der Waals surface area contributed by atoms with Crippen molar-refractivity contribution >= 4 is 0 Å². The summed E-state index contributed by atoms with van der Waals surface area (Å²) >= 11 is 0. The van der Waals surface area contributed by atoms with Crippen LogP contribution in [-0.4, -0.2) is 80.4 Å². The lowest BCUT2D eigenvalue weighted by Crippen LogP contribution is -2.44. The summed E-state index contributed by atoms with van der Waals surface area (Å²) in [5.74, 6) is 0. The van der Waals surface area contributed by atoms with E-state index in [-0.39, 0.29) is 19.3 Å². The van der Waals surface area contributed by atoms with Crippen LogP contribution in [0.25, 0.3) is 0 Å². The maximum Gasteiger partial charge on any atom is 0.0993 e. The average molecular weight is 363 g/mol. The Bertz CT molecular complexity index is 333. The van der Waals surface area contributed by atoms with E-state index < -0.39 is 30.4 Å². The molecular weight excluding hydrogens is 326 g/mol. The Kier molecular flexibility index (Phi) is 11.8. The molecule has 1 rings (SSSR count). The second-order valence-electron chi connectivity index (χ2n) is 7.25. The Hall–Kier alpha value is -0.280. The lowest BCUT2D eigenvalue weighted by Gasteiger charge is -2.22. The first-order valence-electron chi connectivity index (χ1n) is 9.71. The van der Waals surface area contributed by atoms with Gasteiger partial charge in [-0.1, -0.05) is 38.5 Å². The predicted octanol–water partition coefficient (Wildman–Crippen LogP) is -0.344. The summed E-state index contributed by atoms with van der Waals surface area (Å²) in [6, 6.07) is -1.17. The zero-order valence-electron chi connectivity index (χ0n) is 15.1. The number of rotatable bonds is 14. The number of aliphatic hydroxyl groups excluding tert-OH is 6. The molecule has 25 heavy (non-hydrogen) atoms. The fourth-order valence-corrected chi connectivity index (χ4v) is 3.49. The summed E-state index contributed by atoms with van der Waals surface area (Å²) in [5, 5.41) is 60.2. The Labute approximate surface area is 150 Å². The molecule has 1 fully saturated rings. The topological polar surface area (TPSA) is 133 Å². The molecule has 0 spiro atoms. The van der Waals surface area contributed by atoms with Crippen molar-refractivity contribution in [3.8, 4) is 0 Å². The molecule has 0 radical (unpaired) electrons. The third-order valence-corrected chi connectivity index (χ3v) is 5.13. The quantitative estimate of drug-likeness (QED) is 0.210. The lowest BCUT2D eigenvalue weighted by atomic mass is 9.98. The molecule has 6 atom stereocenters. The summed E-state index contributed by atoms with van der Waals surface area (Å²) < 4.78 is 0. The van der Waals surface area contributed by atoms with Crippen LogP contribution < -0.4 is 5.32 Å². The van der Waals surface area contributed by atoms with E-state index in [1.807, 2.05) is 0 Å². The fraction of sp³-hybridized carbons (Fsp3) is 1.00. The van der Waals surface area contributed by atoms with Crippen molar-refractivity contribution in [1.82, 2.24) is 5.32 Å². The van der Waals surface area contributed by atoms with Crippen LogP contribution in [0, 0.1) is 0 Å². The molecule has 7 heteroatoms. The third kappa shape index (κ3) is 8.30. The van der Waals surface area contributed by atoms with Crippen LogP contribution in [0.4, 0.5) is 0 Å². The molecule has 0 aromatic heterocycles. The van der Waals surface area contributed by atoms with E-state index in [0.29, 0.717) is 19.3 Å². The first-order valence-corrected chi connectivity index (χ1v) is 9.71. The van der Waals surface area contributed by atoms with Crippen molar-refractivity contribution in [2.75, 3.05) is 13.2 Å². The van der Waals surface area contributed by atoms with Gasteiger partial charge in [-0.05, 0) is 25.7 Å². The second-order valence-corrected chi connectivity index (χ2v) is 7.25. The highest BCUT2D eigenvalue weighted by atomic mass is 16.3. The molecule has 1 aliphatic heterocycles. The van der Waals surface area contributed by atoms with Gasteiger partial charge in [0.15, 0.2) is 0 Å². The first-order chi connectivity index (χ1) is 12.0. The highest BCUT2D eigenvalue weighted by molar-refractivity contribution is 5.00. The highest BCUT2D eigenvalue weighted by Crippen LogP contribution is 2.20. The van der Waals surface area contributed by atoms with E-state index in [9.17, 15) is 20.4 Å². The van der Waals surface area contributed by atoms with Crippen LogP contribution in [0.3, 0.4) is 0 Å². The Balaban J connectivity index is 2.01. The van der Waals surface area contributed by atoms with Crippen molar-refractivity contribution in [3.05, 3.63) is 0 Å². The molecular formula is C18H37NO6. The minimum atomic E-state index is -1.05. The smallest absolute Gasteiger partial charge is 0.0993 e. The van der Waals surface area contributed by atoms with E-state index in [1.54, 1.807) is 0 Å². The van der Waals surface area contributed by atoms with Gasteiger partial charge >= 0.3 is 0 Å². The highest BCUT2D eigenvalue weighted by Gasteiger charge is 2.43.